The lowest BCUT2D eigenvalue weighted by Crippen LogP contribution is -2.37. The SMILES string of the molecule is CCC(C)N(C)CCNC(=O)c1ccc2cn[nH]c2c1. The molecule has 0 bridgehead atoms. The summed E-state index contributed by atoms with van der Waals surface area (Å²) >= 11 is 0. The minimum atomic E-state index is -0.0425. The molecule has 1 amide bonds. The number of carbonyl (C=O) groups is 1. The summed E-state index contributed by atoms with van der Waals surface area (Å²) in [4.78, 5) is 14.3. The van der Waals surface area contributed by atoms with Crippen LogP contribution >= 0.6 is 0 Å². The number of likely N-dealkylation sites (N-methyl/N-ethyl adjacent to an activating group) is 1. The summed E-state index contributed by atoms with van der Waals surface area (Å²) in [6, 6.07) is 6.09. The molecule has 0 aliphatic heterocycles. The molecule has 0 spiro atoms. The van der Waals surface area contributed by atoms with Crippen LogP contribution in [-0.4, -0.2) is 47.2 Å². The number of aromatic nitrogens is 2. The van der Waals surface area contributed by atoms with Crippen LogP contribution in [0, 0.1) is 0 Å². The quantitative estimate of drug-likeness (QED) is 0.847. The Morgan fingerprint density at radius 2 is 2.30 bits per heavy atom. The van der Waals surface area contributed by atoms with Crippen molar-refractivity contribution in [1.29, 1.82) is 0 Å². The number of H-pyrrole nitrogens is 1. The predicted molar refractivity (Wildman–Crippen MR) is 80.8 cm³/mol. The fourth-order valence-electron chi connectivity index (χ4n) is 2.06. The van der Waals surface area contributed by atoms with Crippen LogP contribution in [0.4, 0.5) is 0 Å². The highest BCUT2D eigenvalue weighted by Gasteiger charge is 2.09. The molecule has 0 saturated heterocycles. The van der Waals surface area contributed by atoms with Gasteiger partial charge in [0.15, 0.2) is 0 Å². The maximum absolute atomic E-state index is 12.1. The normalized spacial score (nSPS) is 12.8. The molecule has 0 aliphatic carbocycles. The summed E-state index contributed by atoms with van der Waals surface area (Å²) in [5.74, 6) is -0.0425. The summed E-state index contributed by atoms with van der Waals surface area (Å²) in [6.45, 7) is 5.86. The molecule has 5 heteroatoms. The molecule has 1 aromatic carbocycles. The molecule has 0 fully saturated rings. The Bertz CT molecular complexity index is 578. The molecule has 2 rings (SSSR count). The molecule has 0 saturated carbocycles. The van der Waals surface area contributed by atoms with Crippen molar-refractivity contribution >= 4 is 16.8 Å². The zero-order valence-electron chi connectivity index (χ0n) is 12.3. The standard InChI is InChI=1S/C15H22N4O/c1-4-11(2)19(3)8-7-16-15(20)12-5-6-13-10-17-18-14(13)9-12/h5-6,9-11H,4,7-8H2,1-3H3,(H,16,20)(H,17,18). The molecule has 1 aromatic heterocycles. The number of nitrogens with zero attached hydrogens (tertiary/aromatic N) is 2. The summed E-state index contributed by atoms with van der Waals surface area (Å²) in [5.41, 5.74) is 1.54. The highest BCUT2D eigenvalue weighted by Crippen LogP contribution is 2.12. The number of amides is 1. The lowest BCUT2D eigenvalue weighted by molar-refractivity contribution is 0.0947. The van der Waals surface area contributed by atoms with E-state index in [0.29, 0.717) is 18.2 Å². The van der Waals surface area contributed by atoms with Gasteiger partial charge in [0.2, 0.25) is 0 Å². The van der Waals surface area contributed by atoms with Gasteiger partial charge < -0.3 is 10.2 Å². The second-order valence-electron chi connectivity index (χ2n) is 5.17. The molecule has 1 atom stereocenters. The third kappa shape index (κ3) is 3.36. The Kier molecular flexibility index (Phi) is 4.74. The van der Waals surface area contributed by atoms with Gasteiger partial charge in [-0.25, -0.2) is 0 Å². The first-order valence-corrected chi connectivity index (χ1v) is 7.03. The highest BCUT2D eigenvalue weighted by atomic mass is 16.1. The zero-order chi connectivity index (χ0) is 14.5. The van der Waals surface area contributed by atoms with Crippen molar-refractivity contribution in [3.05, 3.63) is 30.0 Å². The predicted octanol–water partition coefficient (Wildman–Crippen LogP) is 2.02. The van der Waals surface area contributed by atoms with E-state index in [9.17, 15) is 4.79 Å². The highest BCUT2D eigenvalue weighted by molar-refractivity contribution is 5.97. The van der Waals surface area contributed by atoms with Crippen molar-refractivity contribution < 1.29 is 4.79 Å². The van der Waals surface area contributed by atoms with Crippen LogP contribution in [0.3, 0.4) is 0 Å². The first-order valence-electron chi connectivity index (χ1n) is 7.03. The molecule has 5 nitrogen and oxygen atoms in total. The van der Waals surface area contributed by atoms with Crippen LogP contribution in [-0.2, 0) is 0 Å². The van der Waals surface area contributed by atoms with E-state index >= 15 is 0 Å². The van der Waals surface area contributed by atoms with Gasteiger partial charge in [0.05, 0.1) is 11.7 Å². The third-order valence-electron chi connectivity index (χ3n) is 3.80. The molecule has 0 aliphatic rings. The lowest BCUT2D eigenvalue weighted by atomic mass is 10.1. The van der Waals surface area contributed by atoms with Crippen molar-refractivity contribution in [3.63, 3.8) is 0 Å². The van der Waals surface area contributed by atoms with Gasteiger partial charge in [0, 0.05) is 30.1 Å². The summed E-state index contributed by atoms with van der Waals surface area (Å²) in [7, 11) is 2.08. The number of fused-ring (bicyclic) bond motifs is 1. The Hall–Kier alpha value is -1.88. The van der Waals surface area contributed by atoms with Gasteiger partial charge in [-0.1, -0.05) is 13.0 Å². The Balaban J connectivity index is 1.88. The third-order valence-corrected chi connectivity index (χ3v) is 3.80. The number of hydrogen-bond donors (Lipinski definition) is 2. The van der Waals surface area contributed by atoms with Crippen LogP contribution in [0.2, 0.25) is 0 Å². The number of rotatable bonds is 6. The van der Waals surface area contributed by atoms with E-state index in [1.165, 1.54) is 0 Å². The number of aromatic amines is 1. The number of nitrogens with one attached hydrogen (secondary N) is 2. The van der Waals surface area contributed by atoms with Crippen LogP contribution in [0.15, 0.2) is 24.4 Å². The molecule has 0 radical (unpaired) electrons. The van der Waals surface area contributed by atoms with E-state index in [2.05, 4.69) is 41.3 Å². The van der Waals surface area contributed by atoms with Crippen molar-refractivity contribution in [3.8, 4) is 0 Å². The van der Waals surface area contributed by atoms with E-state index in [1.807, 2.05) is 18.2 Å². The van der Waals surface area contributed by atoms with E-state index in [1.54, 1.807) is 6.20 Å². The van der Waals surface area contributed by atoms with Gasteiger partial charge in [-0.3, -0.25) is 9.89 Å². The van der Waals surface area contributed by atoms with Crippen molar-refractivity contribution in [1.82, 2.24) is 20.4 Å². The molecule has 108 valence electrons. The lowest BCUT2D eigenvalue weighted by Gasteiger charge is -2.23. The fraction of sp³-hybridized carbons (Fsp3) is 0.467. The average Bonchev–Trinajstić information content (AvgIpc) is 2.93. The second-order valence-corrected chi connectivity index (χ2v) is 5.17. The van der Waals surface area contributed by atoms with Gasteiger partial charge in [-0.2, -0.15) is 5.10 Å². The smallest absolute Gasteiger partial charge is 0.251 e. The molecular formula is C15H22N4O. The first kappa shape index (κ1) is 14.5. The largest absolute Gasteiger partial charge is 0.351 e. The van der Waals surface area contributed by atoms with Crippen molar-refractivity contribution in [2.75, 3.05) is 20.1 Å². The maximum atomic E-state index is 12.1. The Morgan fingerprint density at radius 1 is 1.50 bits per heavy atom. The molecular weight excluding hydrogens is 252 g/mol. The Morgan fingerprint density at radius 3 is 3.05 bits per heavy atom. The first-order chi connectivity index (χ1) is 9.61. The zero-order valence-corrected chi connectivity index (χ0v) is 12.3. The van der Waals surface area contributed by atoms with Gasteiger partial charge in [-0.15, -0.1) is 0 Å². The van der Waals surface area contributed by atoms with E-state index in [0.717, 1.165) is 23.9 Å². The van der Waals surface area contributed by atoms with Crippen LogP contribution in [0.25, 0.3) is 10.9 Å². The van der Waals surface area contributed by atoms with E-state index in [4.69, 9.17) is 0 Å². The number of hydrogen-bond acceptors (Lipinski definition) is 3. The van der Waals surface area contributed by atoms with Crippen LogP contribution in [0.1, 0.15) is 30.6 Å². The topological polar surface area (TPSA) is 61.0 Å². The molecule has 1 heterocycles. The molecule has 1 unspecified atom stereocenters. The monoisotopic (exact) mass is 274 g/mol. The minimum absolute atomic E-state index is 0.0425. The number of benzene rings is 1. The van der Waals surface area contributed by atoms with Gasteiger partial charge >= 0.3 is 0 Å². The second kappa shape index (κ2) is 6.52. The molecule has 2 N–H and O–H groups in total. The Labute approximate surface area is 119 Å². The van der Waals surface area contributed by atoms with E-state index in [-0.39, 0.29) is 5.91 Å². The summed E-state index contributed by atoms with van der Waals surface area (Å²) in [6.07, 6.45) is 2.86. The van der Waals surface area contributed by atoms with Crippen LogP contribution in [0.5, 0.6) is 0 Å². The summed E-state index contributed by atoms with van der Waals surface area (Å²) in [5, 5.41) is 10.8. The molecule has 2 aromatic rings. The van der Waals surface area contributed by atoms with Crippen LogP contribution < -0.4 is 5.32 Å². The van der Waals surface area contributed by atoms with Crippen molar-refractivity contribution in [2.45, 2.75) is 26.3 Å². The van der Waals surface area contributed by atoms with E-state index < -0.39 is 0 Å². The van der Waals surface area contributed by atoms with Gasteiger partial charge in [0.1, 0.15) is 0 Å². The van der Waals surface area contributed by atoms with Crippen molar-refractivity contribution in [2.24, 2.45) is 0 Å². The molecule has 20 heavy (non-hydrogen) atoms. The van der Waals surface area contributed by atoms with Gasteiger partial charge in [-0.05, 0) is 32.5 Å². The van der Waals surface area contributed by atoms with Gasteiger partial charge in [0.25, 0.3) is 5.91 Å². The summed E-state index contributed by atoms with van der Waals surface area (Å²) < 4.78 is 0. The minimum Gasteiger partial charge on any atom is -0.351 e. The average molecular weight is 274 g/mol. The fourth-order valence-corrected chi connectivity index (χ4v) is 2.06. The maximum Gasteiger partial charge on any atom is 0.251 e. The number of carbonyl (C=O) groups excluding carboxylic acids is 1.